The van der Waals surface area contributed by atoms with Gasteiger partial charge in [-0.15, -0.1) is 0 Å². The number of carbonyl (C=O) groups is 2. The molecule has 2 fully saturated rings. The lowest BCUT2D eigenvalue weighted by atomic mass is 9.99. The fraction of sp³-hybridized carbons (Fsp3) is 0.545. The van der Waals surface area contributed by atoms with Crippen LogP contribution in [0.4, 0.5) is 22.5 Å². The molecule has 3 N–H and O–H groups in total. The predicted octanol–water partition coefficient (Wildman–Crippen LogP) is 0.928. The minimum atomic E-state index is -0.746. The molecule has 35 heavy (non-hydrogen) atoms. The van der Waals surface area contributed by atoms with Crippen molar-refractivity contribution >= 4 is 29.8 Å². The number of nitrogens with two attached hydrogens (primary N) is 1. The predicted molar refractivity (Wildman–Crippen MR) is 127 cm³/mol. The molecule has 0 aromatic carbocycles. The summed E-state index contributed by atoms with van der Waals surface area (Å²) in [5.41, 5.74) is 6.18. The lowest BCUT2D eigenvalue weighted by Crippen LogP contribution is -2.47. The third kappa shape index (κ3) is 6.04. The summed E-state index contributed by atoms with van der Waals surface area (Å²) in [6, 6.07) is 1.78. The molecule has 13 heteroatoms. The van der Waals surface area contributed by atoms with Crippen LogP contribution in [0.15, 0.2) is 18.5 Å². The smallest absolute Gasteiger partial charge is 0.409 e. The molecule has 4 heterocycles. The van der Waals surface area contributed by atoms with Crippen molar-refractivity contribution in [1.29, 1.82) is 0 Å². The minimum absolute atomic E-state index is 0.0649. The van der Waals surface area contributed by atoms with Crippen LogP contribution in [0.1, 0.15) is 20.3 Å². The standard InChI is InChI=1S/C22H30N8O5/c1-3-34-21(32)30-5-4-22(13-30,14-35-15(2)31)28-18-10-17(16-11-24-19(23)25-12-16)26-20(27-18)29-6-8-33-9-7-29/h10-12H,3-9,13-14H2,1-2H3,(H2,23,24,25)(H,26,27,28)/t22-/m0/s1. The van der Waals surface area contributed by atoms with Gasteiger partial charge in [-0.05, 0) is 13.3 Å². The molecule has 13 nitrogen and oxygen atoms in total. The van der Waals surface area contributed by atoms with E-state index in [0.717, 1.165) is 0 Å². The molecule has 2 aromatic rings. The van der Waals surface area contributed by atoms with Crippen molar-refractivity contribution in [2.24, 2.45) is 0 Å². The summed E-state index contributed by atoms with van der Waals surface area (Å²) in [4.78, 5) is 45.2. The van der Waals surface area contributed by atoms with Crippen molar-refractivity contribution in [3.63, 3.8) is 0 Å². The maximum atomic E-state index is 12.4. The van der Waals surface area contributed by atoms with Crippen LogP contribution in [0.3, 0.4) is 0 Å². The lowest BCUT2D eigenvalue weighted by molar-refractivity contribution is -0.142. The molecule has 188 valence electrons. The summed E-state index contributed by atoms with van der Waals surface area (Å²) in [5.74, 6) is 0.802. The van der Waals surface area contributed by atoms with E-state index in [9.17, 15) is 9.59 Å². The van der Waals surface area contributed by atoms with E-state index in [2.05, 4.69) is 15.3 Å². The quantitative estimate of drug-likeness (QED) is 0.534. The summed E-state index contributed by atoms with van der Waals surface area (Å²) >= 11 is 0. The highest BCUT2D eigenvalue weighted by molar-refractivity contribution is 5.69. The first-order valence-electron chi connectivity index (χ1n) is 11.5. The van der Waals surface area contributed by atoms with Crippen molar-refractivity contribution < 1.29 is 23.8 Å². The number of morpholine rings is 1. The summed E-state index contributed by atoms with van der Waals surface area (Å²) in [7, 11) is 0. The number of hydrogen-bond donors (Lipinski definition) is 2. The Kier molecular flexibility index (Phi) is 7.44. The molecule has 0 spiro atoms. The number of carbonyl (C=O) groups excluding carboxylic acids is 2. The second-order valence-corrected chi connectivity index (χ2v) is 8.42. The van der Waals surface area contributed by atoms with Gasteiger partial charge >= 0.3 is 12.1 Å². The van der Waals surface area contributed by atoms with E-state index in [1.807, 2.05) is 4.90 Å². The van der Waals surface area contributed by atoms with Crippen LogP contribution in [-0.2, 0) is 19.0 Å². The minimum Gasteiger partial charge on any atom is -0.463 e. The van der Waals surface area contributed by atoms with Crippen molar-refractivity contribution in [1.82, 2.24) is 24.8 Å². The van der Waals surface area contributed by atoms with Gasteiger partial charge in [-0.1, -0.05) is 0 Å². The van der Waals surface area contributed by atoms with Crippen LogP contribution >= 0.6 is 0 Å². The molecule has 2 aliphatic rings. The zero-order valence-electron chi connectivity index (χ0n) is 19.9. The SMILES string of the molecule is CCOC(=O)N1CC[C@](COC(C)=O)(Nc2cc(-c3cnc(N)nc3)nc(N3CCOCC3)n2)C1. The Labute approximate surface area is 203 Å². The number of nitrogens with one attached hydrogen (secondary N) is 1. The summed E-state index contributed by atoms with van der Waals surface area (Å²) < 4.78 is 16.0. The Bertz CT molecular complexity index is 1050. The zero-order chi connectivity index (χ0) is 24.8. The first-order valence-corrected chi connectivity index (χ1v) is 11.5. The summed E-state index contributed by atoms with van der Waals surface area (Å²) in [5, 5.41) is 3.44. The molecular weight excluding hydrogens is 456 g/mol. The van der Waals surface area contributed by atoms with Gasteiger partial charge in [0.15, 0.2) is 0 Å². The molecular formula is C22H30N8O5. The number of esters is 1. The Balaban J connectivity index is 1.67. The van der Waals surface area contributed by atoms with Gasteiger partial charge in [0.25, 0.3) is 0 Å². The van der Waals surface area contributed by atoms with E-state index in [4.69, 9.17) is 29.9 Å². The van der Waals surface area contributed by atoms with Crippen LogP contribution < -0.4 is 16.0 Å². The molecule has 0 unspecified atom stereocenters. The molecule has 2 saturated heterocycles. The normalized spacial score (nSPS) is 19.9. The van der Waals surface area contributed by atoms with E-state index in [1.54, 1.807) is 30.3 Å². The van der Waals surface area contributed by atoms with E-state index >= 15 is 0 Å². The van der Waals surface area contributed by atoms with Gasteiger partial charge in [0, 0.05) is 50.6 Å². The van der Waals surface area contributed by atoms with Crippen LogP contribution in [0, 0.1) is 0 Å². The van der Waals surface area contributed by atoms with Gasteiger partial charge in [-0.2, -0.15) is 4.98 Å². The van der Waals surface area contributed by atoms with E-state index in [0.29, 0.717) is 62.3 Å². The van der Waals surface area contributed by atoms with Gasteiger partial charge < -0.3 is 35.1 Å². The van der Waals surface area contributed by atoms with Crippen LogP contribution in [0.5, 0.6) is 0 Å². The number of aromatic nitrogens is 4. The van der Waals surface area contributed by atoms with Gasteiger partial charge in [0.05, 0.1) is 37.6 Å². The number of hydrogen-bond acceptors (Lipinski definition) is 12. The van der Waals surface area contributed by atoms with Gasteiger partial charge in [0.2, 0.25) is 11.9 Å². The number of amides is 1. The highest BCUT2D eigenvalue weighted by Gasteiger charge is 2.42. The first kappa shape index (κ1) is 24.4. The molecule has 1 amide bonds. The third-order valence-corrected chi connectivity index (χ3v) is 5.80. The number of nitrogen functional groups attached to an aromatic ring is 1. The number of anilines is 3. The molecule has 0 bridgehead atoms. The zero-order valence-corrected chi connectivity index (χ0v) is 19.9. The Morgan fingerprint density at radius 1 is 1.17 bits per heavy atom. The van der Waals surface area contributed by atoms with Crippen LogP contribution in [0.25, 0.3) is 11.3 Å². The van der Waals surface area contributed by atoms with Crippen molar-refractivity contribution in [2.45, 2.75) is 25.8 Å². The second kappa shape index (κ2) is 10.7. The topological polar surface area (TPSA) is 158 Å². The van der Waals surface area contributed by atoms with Gasteiger partial charge in [0.1, 0.15) is 12.4 Å². The average molecular weight is 487 g/mol. The second-order valence-electron chi connectivity index (χ2n) is 8.42. The monoisotopic (exact) mass is 486 g/mol. The Hall–Kier alpha value is -3.74. The third-order valence-electron chi connectivity index (χ3n) is 5.80. The fourth-order valence-electron chi connectivity index (χ4n) is 4.03. The lowest BCUT2D eigenvalue weighted by Gasteiger charge is -2.32. The maximum absolute atomic E-state index is 12.4. The molecule has 0 saturated carbocycles. The highest BCUT2D eigenvalue weighted by atomic mass is 16.6. The van der Waals surface area contributed by atoms with Crippen molar-refractivity contribution in [3.05, 3.63) is 18.5 Å². The molecule has 0 radical (unpaired) electrons. The van der Waals surface area contributed by atoms with E-state index < -0.39 is 17.6 Å². The molecule has 0 aliphatic carbocycles. The Morgan fingerprint density at radius 3 is 2.60 bits per heavy atom. The van der Waals surface area contributed by atoms with Crippen molar-refractivity contribution in [3.8, 4) is 11.3 Å². The maximum Gasteiger partial charge on any atom is 0.409 e. The molecule has 2 aliphatic heterocycles. The number of rotatable bonds is 7. The Morgan fingerprint density at radius 2 is 1.91 bits per heavy atom. The molecule has 1 atom stereocenters. The summed E-state index contributed by atoms with van der Waals surface area (Å²) in [6.07, 6.45) is 3.33. The summed E-state index contributed by atoms with van der Waals surface area (Å²) in [6.45, 7) is 6.65. The van der Waals surface area contributed by atoms with Crippen LogP contribution in [-0.4, -0.2) is 95.0 Å². The average Bonchev–Trinajstić information content (AvgIpc) is 3.28. The van der Waals surface area contributed by atoms with Crippen molar-refractivity contribution in [2.75, 3.05) is 68.6 Å². The fourth-order valence-corrected chi connectivity index (χ4v) is 4.03. The van der Waals surface area contributed by atoms with E-state index in [-0.39, 0.29) is 25.7 Å². The van der Waals surface area contributed by atoms with Crippen LogP contribution in [0.2, 0.25) is 0 Å². The largest absolute Gasteiger partial charge is 0.463 e. The highest BCUT2D eigenvalue weighted by Crippen LogP contribution is 2.30. The first-order chi connectivity index (χ1) is 16.9. The number of ether oxygens (including phenoxy) is 3. The number of likely N-dealkylation sites (tertiary alicyclic amines) is 1. The number of nitrogens with zero attached hydrogens (tertiary/aromatic N) is 6. The van der Waals surface area contributed by atoms with Gasteiger partial charge in [-0.3, -0.25) is 4.79 Å². The molecule has 2 aromatic heterocycles. The molecule has 4 rings (SSSR count). The van der Waals surface area contributed by atoms with E-state index in [1.165, 1.54) is 6.92 Å². The van der Waals surface area contributed by atoms with Gasteiger partial charge in [-0.25, -0.2) is 19.7 Å².